The second-order valence-electron chi connectivity index (χ2n) is 34.8. The smallest absolute Gasteiger partial charge is 0.252 e. The van der Waals surface area contributed by atoms with Gasteiger partial charge >= 0.3 is 0 Å². The standard InChI is InChI=1S/C106H89BN2O2/c1-103(2,3)77-49-50-88-92(65-77)108(90-51-47-70(66-31-17-13-18-32-66)59-85(90)69-37-23-16-24-38-69)93-61-76(75-54-73(68-35-21-15-22-36-68)56-79(58-75)105(7,8)9)62-94-101(93)107(88)89-60-71(74-53-72(67-33-19-14-20-34-67)55-78(57-74)104(4,5)6)48-52-91(89)109(94)102-86(81-41-29-45-97-99(81)83-39-25-27-43-95(83)110-97)63-80(106(10,11)12)64-87(102)82-42-30-46-98-100(82)84-40-26-28-44-96(84)111-98/h13-65H,1-12H3. The van der Waals surface area contributed by atoms with Gasteiger partial charge in [-0.3, -0.25) is 0 Å². The maximum atomic E-state index is 6.99. The maximum Gasteiger partial charge on any atom is 0.252 e. The summed E-state index contributed by atoms with van der Waals surface area (Å²) in [6.45, 7) is 28.0. The Morgan fingerprint density at radius 1 is 0.225 bits per heavy atom. The molecule has 4 nitrogen and oxygen atoms in total. The molecule has 0 unspecified atom stereocenters. The average Bonchev–Trinajstić information content (AvgIpc) is 1.17. The minimum Gasteiger partial charge on any atom is -0.456 e. The molecule has 17 aromatic rings. The Hall–Kier alpha value is -12.4. The molecule has 0 aliphatic carbocycles. The Morgan fingerprint density at radius 2 is 0.622 bits per heavy atom. The highest BCUT2D eigenvalue weighted by Gasteiger charge is 2.46. The second kappa shape index (κ2) is 26.1. The van der Waals surface area contributed by atoms with Crippen molar-refractivity contribution in [2.45, 2.75) is 105 Å². The van der Waals surface area contributed by atoms with Gasteiger partial charge in [0.25, 0.3) is 6.71 Å². The number of furan rings is 2. The first-order chi connectivity index (χ1) is 53.6. The molecule has 0 fully saturated rings. The fraction of sp³-hybridized carbons (Fsp3) is 0.151. The van der Waals surface area contributed by atoms with Crippen LogP contribution < -0.4 is 26.2 Å². The molecule has 15 aromatic carbocycles. The first-order valence-electron chi connectivity index (χ1n) is 39.3. The largest absolute Gasteiger partial charge is 0.456 e. The summed E-state index contributed by atoms with van der Waals surface area (Å²) in [6, 6.07) is 121. The van der Waals surface area contributed by atoms with Crippen molar-refractivity contribution >= 4 is 101 Å². The lowest BCUT2D eigenvalue weighted by Crippen LogP contribution is -2.61. The lowest BCUT2D eigenvalue weighted by atomic mass is 9.33. The molecule has 19 rings (SSSR count). The summed E-state index contributed by atoms with van der Waals surface area (Å²) in [4.78, 5) is 5.41. The van der Waals surface area contributed by atoms with Gasteiger partial charge in [-0.25, -0.2) is 0 Å². The van der Waals surface area contributed by atoms with E-state index in [4.69, 9.17) is 8.83 Å². The van der Waals surface area contributed by atoms with Gasteiger partial charge in [-0.05, 0) is 218 Å². The van der Waals surface area contributed by atoms with Crippen LogP contribution in [-0.2, 0) is 21.7 Å². The molecule has 4 heterocycles. The molecule has 0 spiro atoms. The van der Waals surface area contributed by atoms with Crippen LogP contribution in [0.5, 0.6) is 0 Å². The lowest BCUT2D eigenvalue weighted by molar-refractivity contribution is 0.590. The molecule has 0 N–H and O–H groups in total. The van der Waals surface area contributed by atoms with E-state index in [1.54, 1.807) is 0 Å². The zero-order chi connectivity index (χ0) is 76.0. The van der Waals surface area contributed by atoms with Crippen molar-refractivity contribution < 1.29 is 8.83 Å². The Morgan fingerprint density at radius 3 is 1.12 bits per heavy atom. The van der Waals surface area contributed by atoms with Gasteiger partial charge < -0.3 is 18.6 Å². The summed E-state index contributed by atoms with van der Waals surface area (Å²) in [5.41, 5.74) is 35.9. The minimum atomic E-state index is -0.322. The van der Waals surface area contributed by atoms with Gasteiger partial charge in [-0.15, -0.1) is 0 Å². The monoisotopic (exact) mass is 1430 g/mol. The van der Waals surface area contributed by atoms with Crippen molar-refractivity contribution in [1.82, 2.24) is 0 Å². The summed E-state index contributed by atoms with van der Waals surface area (Å²) < 4.78 is 14.0. The highest BCUT2D eigenvalue weighted by molar-refractivity contribution is 7.00. The molecule has 0 radical (unpaired) electrons. The maximum absolute atomic E-state index is 6.99. The van der Waals surface area contributed by atoms with Crippen LogP contribution in [0, 0.1) is 0 Å². The van der Waals surface area contributed by atoms with Crippen LogP contribution in [0.4, 0.5) is 34.1 Å². The van der Waals surface area contributed by atoms with E-state index in [-0.39, 0.29) is 28.4 Å². The molecule has 5 heteroatoms. The second-order valence-corrected chi connectivity index (χ2v) is 34.8. The number of rotatable bonds is 10. The number of anilines is 6. The summed E-state index contributed by atoms with van der Waals surface area (Å²) in [5, 5.41) is 4.28. The number of benzene rings is 15. The molecule has 0 atom stereocenters. The summed E-state index contributed by atoms with van der Waals surface area (Å²) in [7, 11) is 0. The van der Waals surface area contributed by atoms with E-state index in [1.165, 1.54) is 66.5 Å². The third-order valence-corrected chi connectivity index (χ3v) is 23.4. The lowest BCUT2D eigenvalue weighted by Gasteiger charge is -2.46. The highest BCUT2D eigenvalue weighted by atomic mass is 16.3. The molecule has 0 amide bonds. The van der Waals surface area contributed by atoms with E-state index in [0.29, 0.717) is 0 Å². The highest BCUT2D eigenvalue weighted by Crippen LogP contribution is 2.57. The van der Waals surface area contributed by atoms with Gasteiger partial charge in [-0.2, -0.15) is 0 Å². The van der Waals surface area contributed by atoms with E-state index in [1.807, 2.05) is 0 Å². The Bertz CT molecular complexity index is 6420. The summed E-state index contributed by atoms with van der Waals surface area (Å²) in [5.74, 6) is 0. The minimum absolute atomic E-state index is 0.156. The van der Waals surface area contributed by atoms with Crippen molar-refractivity contribution in [2.75, 3.05) is 9.80 Å². The van der Waals surface area contributed by atoms with E-state index in [0.717, 1.165) is 139 Å². The van der Waals surface area contributed by atoms with Crippen molar-refractivity contribution in [3.63, 3.8) is 0 Å². The third kappa shape index (κ3) is 12.0. The topological polar surface area (TPSA) is 32.8 Å². The van der Waals surface area contributed by atoms with Crippen LogP contribution in [0.25, 0.3) is 133 Å². The SMILES string of the molecule is CC(C)(C)c1cc(-c2ccccc2)cc(-c2ccc3c(c2)B2c4ccc(C(C)(C)C)cc4N(c4ccc(-c5ccccc5)cc4-c4ccccc4)c4cc(-c5cc(-c6ccccc6)cc(C(C)(C)C)c5)cc(c42)N3c2c(-c3cccc4oc5ccccc5c34)cc(C(C)(C)C)cc2-c2cccc3oc4ccccc4c23)c1. The summed E-state index contributed by atoms with van der Waals surface area (Å²) >= 11 is 0. The fourth-order valence-electron chi connectivity index (χ4n) is 17.5. The number of hydrogen-bond donors (Lipinski definition) is 0. The zero-order valence-electron chi connectivity index (χ0n) is 65.4. The average molecular weight is 1430 g/mol. The third-order valence-electron chi connectivity index (χ3n) is 23.4. The normalized spacial score (nSPS) is 13.0. The molecule has 0 bridgehead atoms. The molecule has 538 valence electrons. The van der Waals surface area contributed by atoms with Gasteiger partial charge in [-0.1, -0.05) is 320 Å². The van der Waals surface area contributed by atoms with Crippen LogP contribution in [0.15, 0.2) is 330 Å². The van der Waals surface area contributed by atoms with Crippen molar-refractivity contribution in [1.29, 1.82) is 0 Å². The molecule has 0 saturated carbocycles. The van der Waals surface area contributed by atoms with Crippen molar-refractivity contribution in [2.24, 2.45) is 0 Å². The van der Waals surface area contributed by atoms with Gasteiger partial charge in [0.1, 0.15) is 22.3 Å². The van der Waals surface area contributed by atoms with Gasteiger partial charge in [0.2, 0.25) is 0 Å². The number of para-hydroxylation sites is 2. The van der Waals surface area contributed by atoms with E-state index in [2.05, 4.69) is 414 Å². The van der Waals surface area contributed by atoms with Crippen LogP contribution in [0.3, 0.4) is 0 Å². The van der Waals surface area contributed by atoms with Crippen LogP contribution in [0.2, 0.25) is 0 Å². The quantitative estimate of drug-likeness (QED) is 0.128. The van der Waals surface area contributed by atoms with E-state index in [9.17, 15) is 0 Å². The predicted octanol–water partition coefficient (Wildman–Crippen LogP) is 28.1. The van der Waals surface area contributed by atoms with E-state index >= 15 is 0 Å². The number of hydrogen-bond acceptors (Lipinski definition) is 4. The fourth-order valence-corrected chi connectivity index (χ4v) is 17.5. The van der Waals surface area contributed by atoms with Crippen molar-refractivity contribution in [3.05, 3.63) is 344 Å². The molecule has 2 aliphatic rings. The van der Waals surface area contributed by atoms with Crippen LogP contribution >= 0.6 is 0 Å². The summed E-state index contributed by atoms with van der Waals surface area (Å²) in [6.07, 6.45) is 0. The zero-order valence-corrected chi connectivity index (χ0v) is 65.4. The number of fused-ring (bicyclic) bond motifs is 10. The Balaban J connectivity index is 1.02. The van der Waals surface area contributed by atoms with Gasteiger partial charge in [0, 0.05) is 61.0 Å². The molecule has 2 aromatic heterocycles. The molecule has 111 heavy (non-hydrogen) atoms. The molecule has 2 aliphatic heterocycles. The van der Waals surface area contributed by atoms with Crippen LogP contribution in [0.1, 0.15) is 105 Å². The first kappa shape index (κ1) is 69.1. The number of nitrogens with zero attached hydrogens (tertiary/aromatic N) is 2. The van der Waals surface area contributed by atoms with Gasteiger partial charge in [0.15, 0.2) is 0 Å². The Labute approximate surface area is 653 Å². The Kier molecular flexibility index (Phi) is 16.3. The predicted molar refractivity (Wildman–Crippen MR) is 473 cm³/mol. The molecular formula is C106H89BN2O2. The van der Waals surface area contributed by atoms with Gasteiger partial charge in [0.05, 0.1) is 11.4 Å². The molecule has 0 saturated heterocycles. The van der Waals surface area contributed by atoms with Crippen LogP contribution in [-0.4, -0.2) is 6.71 Å². The van der Waals surface area contributed by atoms with Crippen molar-refractivity contribution in [3.8, 4) is 89.0 Å². The molecular weight excluding hydrogens is 1340 g/mol. The first-order valence-corrected chi connectivity index (χ1v) is 39.3. The van der Waals surface area contributed by atoms with E-state index < -0.39 is 0 Å².